The Balaban J connectivity index is 1.22. The van der Waals surface area contributed by atoms with Crippen molar-refractivity contribution in [2.75, 3.05) is 30.0 Å². The molecule has 2 amide bonds. The Kier molecular flexibility index (Phi) is 6.74. The lowest BCUT2D eigenvalue weighted by molar-refractivity contribution is -0.138. The van der Waals surface area contributed by atoms with Crippen molar-refractivity contribution in [3.8, 4) is 11.1 Å². The van der Waals surface area contributed by atoms with Crippen molar-refractivity contribution in [1.29, 1.82) is 0 Å². The van der Waals surface area contributed by atoms with Crippen LogP contribution in [0.4, 0.5) is 9.93 Å². The van der Waals surface area contributed by atoms with Gasteiger partial charge in [0.2, 0.25) is 0 Å². The van der Waals surface area contributed by atoms with Gasteiger partial charge in [0, 0.05) is 24.0 Å². The summed E-state index contributed by atoms with van der Waals surface area (Å²) in [6.45, 7) is 0.661. The molecule has 180 valence electrons. The third-order valence-corrected chi connectivity index (χ3v) is 8.16. The average molecular weight is 510 g/mol. The number of thioether (sulfide) groups is 1. The number of thiazole rings is 1. The number of benzene rings is 2. The standard InChI is InChI=1S/C25H23N3O5S2/c29-22(30)11-15-14-34-10-9-28(15)23(31)21-12-26-24(35-21)27-25(32)33-13-20-18-7-3-1-5-16(18)17-6-2-4-8-19(17)20/h1-8,12,15,20H,9-11,13-14H2,(H,29,30)(H,26,27,32). The van der Waals surface area contributed by atoms with Gasteiger partial charge >= 0.3 is 12.1 Å². The fourth-order valence-corrected chi connectivity index (χ4v) is 6.41. The van der Waals surface area contributed by atoms with E-state index in [1.807, 2.05) is 24.3 Å². The summed E-state index contributed by atoms with van der Waals surface area (Å²) < 4.78 is 5.54. The van der Waals surface area contributed by atoms with E-state index in [-0.39, 0.29) is 36.0 Å². The first-order valence-corrected chi connectivity index (χ1v) is 13.2. The van der Waals surface area contributed by atoms with Crippen LogP contribution in [0.25, 0.3) is 11.1 Å². The molecule has 2 aliphatic rings. The fraction of sp³-hybridized carbons (Fsp3) is 0.280. The lowest BCUT2D eigenvalue weighted by atomic mass is 9.98. The molecule has 2 heterocycles. The Labute approximate surface area is 210 Å². The number of rotatable bonds is 6. The molecule has 1 aliphatic heterocycles. The summed E-state index contributed by atoms with van der Waals surface area (Å²) >= 11 is 2.69. The second-order valence-corrected chi connectivity index (χ2v) is 10.5. The number of nitrogens with one attached hydrogen (secondary N) is 1. The number of hydrogen-bond acceptors (Lipinski definition) is 7. The number of anilines is 1. The van der Waals surface area contributed by atoms with Crippen LogP contribution in [0.5, 0.6) is 0 Å². The highest BCUT2D eigenvalue weighted by atomic mass is 32.2. The van der Waals surface area contributed by atoms with Gasteiger partial charge in [0.15, 0.2) is 5.13 Å². The largest absolute Gasteiger partial charge is 0.481 e. The Bertz CT molecular complexity index is 1230. The predicted molar refractivity (Wildman–Crippen MR) is 135 cm³/mol. The van der Waals surface area contributed by atoms with Gasteiger partial charge in [0.1, 0.15) is 11.5 Å². The first-order chi connectivity index (χ1) is 17.0. The summed E-state index contributed by atoms with van der Waals surface area (Å²) in [4.78, 5) is 42.8. The van der Waals surface area contributed by atoms with Crippen LogP contribution < -0.4 is 5.32 Å². The van der Waals surface area contributed by atoms with Gasteiger partial charge in [-0.25, -0.2) is 9.78 Å². The van der Waals surface area contributed by atoms with E-state index in [1.165, 1.54) is 6.20 Å². The van der Waals surface area contributed by atoms with Gasteiger partial charge in [0.25, 0.3) is 5.91 Å². The molecule has 1 aromatic heterocycles. The van der Waals surface area contributed by atoms with Crippen molar-refractivity contribution in [2.24, 2.45) is 0 Å². The van der Waals surface area contributed by atoms with Crippen LogP contribution in [-0.4, -0.2) is 63.7 Å². The lowest BCUT2D eigenvalue weighted by Crippen LogP contribution is -2.46. The highest BCUT2D eigenvalue weighted by Crippen LogP contribution is 2.44. The summed E-state index contributed by atoms with van der Waals surface area (Å²) in [5.41, 5.74) is 4.55. The van der Waals surface area contributed by atoms with E-state index in [0.29, 0.717) is 17.2 Å². The average Bonchev–Trinajstić information content (AvgIpc) is 3.45. The van der Waals surface area contributed by atoms with Gasteiger partial charge in [-0.15, -0.1) is 0 Å². The number of fused-ring (bicyclic) bond motifs is 3. The van der Waals surface area contributed by atoms with E-state index < -0.39 is 12.1 Å². The van der Waals surface area contributed by atoms with Crippen molar-refractivity contribution < 1.29 is 24.2 Å². The molecule has 0 bridgehead atoms. The Morgan fingerprint density at radius 1 is 1.09 bits per heavy atom. The number of ether oxygens (including phenoxy) is 1. The first-order valence-electron chi connectivity index (χ1n) is 11.2. The predicted octanol–water partition coefficient (Wildman–Crippen LogP) is 4.54. The van der Waals surface area contributed by atoms with E-state index in [9.17, 15) is 14.4 Å². The molecule has 1 fully saturated rings. The number of carboxylic acid groups (broad SMARTS) is 1. The molecule has 0 radical (unpaired) electrons. The molecule has 2 aromatic carbocycles. The minimum absolute atomic E-state index is 0.0512. The minimum atomic E-state index is -0.933. The molecule has 1 atom stereocenters. The molecule has 1 aliphatic carbocycles. The molecule has 0 spiro atoms. The first kappa shape index (κ1) is 23.4. The SMILES string of the molecule is O=C(O)CC1CSCCN1C(=O)c1cnc(NC(=O)OCC2c3ccccc3-c3ccccc32)s1. The second-order valence-electron chi connectivity index (χ2n) is 8.31. The quantitative estimate of drug-likeness (QED) is 0.502. The van der Waals surface area contributed by atoms with Crippen molar-refractivity contribution in [3.63, 3.8) is 0 Å². The van der Waals surface area contributed by atoms with Crippen molar-refractivity contribution in [1.82, 2.24) is 9.88 Å². The van der Waals surface area contributed by atoms with Crippen LogP contribution in [0.3, 0.4) is 0 Å². The van der Waals surface area contributed by atoms with E-state index in [0.717, 1.165) is 39.3 Å². The Morgan fingerprint density at radius 3 is 2.46 bits per heavy atom. The molecule has 35 heavy (non-hydrogen) atoms. The van der Waals surface area contributed by atoms with Crippen LogP contribution in [0.2, 0.25) is 0 Å². The van der Waals surface area contributed by atoms with Crippen LogP contribution in [0.15, 0.2) is 54.7 Å². The summed E-state index contributed by atoms with van der Waals surface area (Å²) in [6.07, 6.45) is 0.673. The highest BCUT2D eigenvalue weighted by molar-refractivity contribution is 7.99. The van der Waals surface area contributed by atoms with Crippen molar-refractivity contribution in [3.05, 3.63) is 70.7 Å². The maximum atomic E-state index is 13.0. The van der Waals surface area contributed by atoms with E-state index in [2.05, 4.69) is 34.6 Å². The zero-order valence-electron chi connectivity index (χ0n) is 18.7. The molecule has 10 heteroatoms. The van der Waals surface area contributed by atoms with Crippen LogP contribution >= 0.6 is 23.1 Å². The van der Waals surface area contributed by atoms with Gasteiger partial charge in [0.05, 0.1) is 18.7 Å². The molecule has 1 saturated heterocycles. The molecular weight excluding hydrogens is 486 g/mol. The molecule has 0 saturated carbocycles. The summed E-state index contributed by atoms with van der Waals surface area (Å²) in [5, 5.41) is 12.0. The van der Waals surface area contributed by atoms with Gasteiger partial charge in [-0.3, -0.25) is 14.9 Å². The van der Waals surface area contributed by atoms with Crippen molar-refractivity contribution >= 4 is 46.2 Å². The third-order valence-electron chi connectivity index (χ3n) is 6.17. The summed E-state index contributed by atoms with van der Waals surface area (Å²) in [5.74, 6) is 0.0873. The van der Waals surface area contributed by atoms with Crippen molar-refractivity contribution in [2.45, 2.75) is 18.4 Å². The van der Waals surface area contributed by atoms with E-state index in [4.69, 9.17) is 9.84 Å². The van der Waals surface area contributed by atoms with Gasteiger partial charge in [-0.05, 0) is 22.3 Å². The maximum Gasteiger partial charge on any atom is 0.413 e. The third kappa shape index (κ3) is 4.89. The fourth-order valence-electron chi connectivity index (χ4n) is 4.59. The van der Waals surface area contributed by atoms with E-state index >= 15 is 0 Å². The van der Waals surface area contributed by atoms with Crippen LogP contribution in [0.1, 0.15) is 33.1 Å². The molecule has 8 nitrogen and oxygen atoms in total. The Morgan fingerprint density at radius 2 is 1.77 bits per heavy atom. The normalized spacial score (nSPS) is 16.9. The number of carboxylic acids is 1. The maximum absolute atomic E-state index is 13.0. The monoisotopic (exact) mass is 509 g/mol. The van der Waals surface area contributed by atoms with Gasteiger partial charge in [-0.1, -0.05) is 59.9 Å². The van der Waals surface area contributed by atoms with Crippen LogP contribution in [0, 0.1) is 0 Å². The second kappa shape index (κ2) is 10.1. The zero-order valence-corrected chi connectivity index (χ0v) is 20.3. The number of carbonyl (C=O) groups is 3. The van der Waals surface area contributed by atoms with Gasteiger partial charge in [-0.2, -0.15) is 11.8 Å². The Hall–Kier alpha value is -3.37. The summed E-state index contributed by atoms with van der Waals surface area (Å²) in [7, 11) is 0. The number of carbonyl (C=O) groups excluding carboxylic acids is 2. The molecule has 1 unspecified atom stereocenters. The van der Waals surface area contributed by atoms with Gasteiger partial charge < -0.3 is 14.7 Å². The number of aromatic nitrogens is 1. The number of hydrogen-bond donors (Lipinski definition) is 2. The lowest BCUT2D eigenvalue weighted by Gasteiger charge is -2.34. The molecule has 2 N–H and O–H groups in total. The number of aliphatic carboxylic acids is 1. The number of amides is 2. The summed E-state index contributed by atoms with van der Waals surface area (Å²) in [6, 6.07) is 15.8. The van der Waals surface area contributed by atoms with E-state index in [1.54, 1.807) is 16.7 Å². The molecule has 3 aromatic rings. The molecule has 5 rings (SSSR count). The minimum Gasteiger partial charge on any atom is -0.481 e. The molecular formula is C25H23N3O5S2. The van der Waals surface area contributed by atoms with Crippen LogP contribution in [-0.2, 0) is 9.53 Å². The topological polar surface area (TPSA) is 109 Å². The smallest absolute Gasteiger partial charge is 0.413 e. The highest BCUT2D eigenvalue weighted by Gasteiger charge is 2.31. The number of nitrogens with zero attached hydrogens (tertiary/aromatic N) is 2. The zero-order chi connectivity index (χ0) is 24.4.